The average Bonchev–Trinajstić information content (AvgIpc) is 2.88. The first-order chi connectivity index (χ1) is 10.1. The number of carbonyl (C=O) groups excluding carboxylic acids is 1. The molecule has 0 aliphatic heterocycles. The molecule has 0 amide bonds. The third kappa shape index (κ3) is 3.00. The van der Waals surface area contributed by atoms with Gasteiger partial charge in [0.1, 0.15) is 17.3 Å². The summed E-state index contributed by atoms with van der Waals surface area (Å²) < 4.78 is 19.1. The number of hydrogen-bond donors (Lipinski definition) is 1. The lowest BCUT2D eigenvalue weighted by molar-refractivity contribution is 0.0478. The van der Waals surface area contributed by atoms with Gasteiger partial charge in [-0.25, -0.2) is 9.18 Å². The largest absolute Gasteiger partial charge is 0.457 e. The summed E-state index contributed by atoms with van der Waals surface area (Å²) in [5, 5.41) is 0.902. The lowest BCUT2D eigenvalue weighted by Gasteiger charge is -2.02. The van der Waals surface area contributed by atoms with Crippen molar-refractivity contribution >= 4 is 33.1 Å². The smallest absolute Gasteiger partial charge is 0.348 e. The van der Waals surface area contributed by atoms with Crippen LogP contribution in [0.25, 0.3) is 10.1 Å². The van der Waals surface area contributed by atoms with Crippen LogP contribution in [-0.4, -0.2) is 11.0 Å². The molecule has 0 saturated heterocycles. The highest BCUT2D eigenvalue weighted by Gasteiger charge is 2.12. The molecule has 6 heteroatoms. The van der Waals surface area contributed by atoms with Gasteiger partial charge in [0.05, 0.1) is 6.20 Å². The zero-order valence-electron chi connectivity index (χ0n) is 10.9. The highest BCUT2D eigenvalue weighted by Crippen LogP contribution is 2.27. The Kier molecular flexibility index (Phi) is 3.53. The predicted octanol–water partition coefficient (Wildman–Crippen LogP) is 3.37. The monoisotopic (exact) mass is 302 g/mol. The Bertz CT molecular complexity index is 816. The molecule has 0 aliphatic carbocycles. The number of anilines is 1. The van der Waals surface area contributed by atoms with E-state index in [0.717, 1.165) is 16.3 Å². The molecular formula is C15H11FN2O2S. The fourth-order valence-corrected chi connectivity index (χ4v) is 2.85. The minimum absolute atomic E-state index is 0.0139. The molecule has 1 aromatic carbocycles. The molecule has 0 aliphatic rings. The first kappa shape index (κ1) is 13.5. The number of fused-ring (bicyclic) bond motifs is 1. The van der Waals surface area contributed by atoms with Gasteiger partial charge in [0.2, 0.25) is 0 Å². The molecule has 0 spiro atoms. The molecule has 106 valence electrons. The maximum atomic E-state index is 13.0. The highest BCUT2D eigenvalue weighted by atomic mass is 32.1. The second-order valence-electron chi connectivity index (χ2n) is 4.50. The van der Waals surface area contributed by atoms with Gasteiger partial charge < -0.3 is 10.5 Å². The van der Waals surface area contributed by atoms with E-state index in [9.17, 15) is 9.18 Å². The normalized spacial score (nSPS) is 10.7. The van der Waals surface area contributed by atoms with Crippen LogP contribution in [0.2, 0.25) is 0 Å². The number of nitrogens with zero attached hydrogens (tertiary/aromatic N) is 1. The first-order valence-electron chi connectivity index (χ1n) is 6.17. The molecule has 0 unspecified atom stereocenters. The van der Waals surface area contributed by atoms with Crippen LogP contribution in [-0.2, 0) is 11.3 Å². The summed E-state index contributed by atoms with van der Waals surface area (Å²) in [5.41, 5.74) is 6.86. The molecule has 2 N–H and O–H groups in total. The average molecular weight is 302 g/mol. The molecule has 3 rings (SSSR count). The predicted molar refractivity (Wildman–Crippen MR) is 79.6 cm³/mol. The number of ether oxygens (including phenoxy) is 1. The number of nitrogens with two attached hydrogens (primary N) is 1. The van der Waals surface area contributed by atoms with E-state index in [1.165, 1.54) is 23.6 Å². The van der Waals surface area contributed by atoms with E-state index in [1.807, 2.05) is 6.07 Å². The summed E-state index contributed by atoms with van der Waals surface area (Å²) in [7, 11) is 0. The maximum absolute atomic E-state index is 13.0. The highest BCUT2D eigenvalue weighted by molar-refractivity contribution is 7.20. The van der Waals surface area contributed by atoms with Crippen molar-refractivity contribution in [2.45, 2.75) is 6.61 Å². The van der Waals surface area contributed by atoms with Crippen LogP contribution in [0.15, 0.2) is 42.7 Å². The number of hydrogen-bond acceptors (Lipinski definition) is 5. The summed E-state index contributed by atoms with van der Waals surface area (Å²) >= 11 is 1.33. The first-order valence-corrected chi connectivity index (χ1v) is 6.99. The lowest BCUT2D eigenvalue weighted by Crippen LogP contribution is -2.03. The number of thiophene rings is 1. The van der Waals surface area contributed by atoms with Gasteiger partial charge in [-0.05, 0) is 35.7 Å². The fourth-order valence-electron chi connectivity index (χ4n) is 1.92. The number of nitrogen functional groups attached to an aromatic ring is 1. The van der Waals surface area contributed by atoms with Gasteiger partial charge in [-0.3, -0.25) is 4.98 Å². The van der Waals surface area contributed by atoms with Gasteiger partial charge in [0.25, 0.3) is 0 Å². The molecule has 0 bridgehead atoms. The molecule has 0 fully saturated rings. The van der Waals surface area contributed by atoms with Crippen LogP contribution >= 0.6 is 11.3 Å². The lowest BCUT2D eigenvalue weighted by atomic mass is 10.2. The zero-order chi connectivity index (χ0) is 14.8. The molecule has 0 radical (unpaired) electrons. The van der Waals surface area contributed by atoms with Gasteiger partial charge in [-0.1, -0.05) is 0 Å². The van der Waals surface area contributed by atoms with Crippen molar-refractivity contribution < 1.29 is 13.9 Å². The van der Waals surface area contributed by atoms with E-state index < -0.39 is 11.8 Å². The Hall–Kier alpha value is -2.47. The van der Waals surface area contributed by atoms with E-state index in [4.69, 9.17) is 10.5 Å². The number of benzene rings is 1. The summed E-state index contributed by atoms with van der Waals surface area (Å²) in [5.74, 6) is -0.903. The van der Waals surface area contributed by atoms with Crippen LogP contribution < -0.4 is 5.73 Å². The number of pyridine rings is 1. The van der Waals surface area contributed by atoms with Gasteiger partial charge in [-0.15, -0.1) is 11.3 Å². The minimum atomic E-state index is -0.458. The minimum Gasteiger partial charge on any atom is -0.457 e. The molecule has 2 heterocycles. The van der Waals surface area contributed by atoms with Crippen molar-refractivity contribution in [2.24, 2.45) is 0 Å². The van der Waals surface area contributed by atoms with Gasteiger partial charge in [0.15, 0.2) is 0 Å². The Morgan fingerprint density at radius 1 is 1.29 bits per heavy atom. The van der Waals surface area contributed by atoms with Crippen molar-refractivity contribution in [3.05, 3.63) is 59.0 Å². The van der Waals surface area contributed by atoms with Gasteiger partial charge in [-0.2, -0.15) is 0 Å². The number of carbonyl (C=O) groups is 1. The fraction of sp³-hybridized carbons (Fsp3) is 0.0667. The summed E-state index contributed by atoms with van der Waals surface area (Å²) in [6.45, 7) is -0.0139. The number of aromatic nitrogens is 1. The Balaban J connectivity index is 1.74. The molecule has 0 atom stereocenters. The van der Waals surface area contributed by atoms with Crippen molar-refractivity contribution in [1.29, 1.82) is 0 Å². The molecule has 0 saturated carbocycles. The summed E-state index contributed by atoms with van der Waals surface area (Å²) in [6.07, 6.45) is 2.56. The number of rotatable bonds is 3. The topological polar surface area (TPSA) is 65.2 Å². The van der Waals surface area contributed by atoms with Crippen molar-refractivity contribution in [3.63, 3.8) is 0 Å². The molecule has 2 aromatic heterocycles. The molecular weight excluding hydrogens is 291 g/mol. The van der Waals surface area contributed by atoms with E-state index in [0.29, 0.717) is 16.1 Å². The van der Waals surface area contributed by atoms with Crippen molar-refractivity contribution in [3.8, 4) is 0 Å². The van der Waals surface area contributed by atoms with Crippen LogP contribution in [0.3, 0.4) is 0 Å². The Labute approximate surface area is 124 Å². The molecule has 21 heavy (non-hydrogen) atoms. The van der Waals surface area contributed by atoms with Crippen LogP contribution in [0.1, 0.15) is 15.2 Å². The van der Waals surface area contributed by atoms with E-state index >= 15 is 0 Å². The summed E-state index contributed by atoms with van der Waals surface area (Å²) in [4.78, 5) is 16.2. The van der Waals surface area contributed by atoms with E-state index in [2.05, 4.69) is 4.98 Å². The van der Waals surface area contributed by atoms with Crippen LogP contribution in [0, 0.1) is 5.82 Å². The third-order valence-corrected chi connectivity index (χ3v) is 3.97. The zero-order valence-corrected chi connectivity index (χ0v) is 11.7. The second kappa shape index (κ2) is 5.49. The van der Waals surface area contributed by atoms with Crippen LogP contribution in [0.5, 0.6) is 0 Å². The van der Waals surface area contributed by atoms with Gasteiger partial charge >= 0.3 is 5.97 Å². The van der Waals surface area contributed by atoms with E-state index in [-0.39, 0.29) is 6.61 Å². The number of esters is 1. The quantitative estimate of drug-likeness (QED) is 0.595. The van der Waals surface area contributed by atoms with E-state index in [1.54, 1.807) is 18.2 Å². The second-order valence-corrected chi connectivity index (χ2v) is 5.58. The Morgan fingerprint density at radius 2 is 2.14 bits per heavy atom. The van der Waals surface area contributed by atoms with Crippen molar-refractivity contribution in [1.82, 2.24) is 4.98 Å². The SMILES string of the molecule is Nc1ccc2sc(C(=O)OCc3cncc(F)c3)cc2c1. The maximum Gasteiger partial charge on any atom is 0.348 e. The third-order valence-electron chi connectivity index (χ3n) is 2.87. The molecule has 4 nitrogen and oxygen atoms in total. The summed E-state index contributed by atoms with van der Waals surface area (Å²) in [6, 6.07) is 8.47. The van der Waals surface area contributed by atoms with Gasteiger partial charge in [0, 0.05) is 22.1 Å². The van der Waals surface area contributed by atoms with Crippen molar-refractivity contribution in [2.75, 3.05) is 5.73 Å². The Morgan fingerprint density at radius 3 is 2.95 bits per heavy atom. The standard InChI is InChI=1S/C15H11FN2O2S/c16-11-3-9(6-18-7-11)8-20-15(19)14-5-10-4-12(17)1-2-13(10)21-14/h1-7H,8,17H2. The molecule has 3 aromatic rings. The van der Waals surface area contributed by atoms with Crippen LogP contribution in [0.4, 0.5) is 10.1 Å². The number of halogens is 1.